The Bertz CT molecular complexity index is 607. The van der Waals surface area contributed by atoms with Gasteiger partial charge in [0.25, 0.3) is 0 Å². The summed E-state index contributed by atoms with van der Waals surface area (Å²) >= 11 is 0. The molecule has 0 aliphatic rings. The Morgan fingerprint density at radius 3 is 2.07 bits per heavy atom. The van der Waals surface area contributed by atoms with E-state index in [1.54, 1.807) is 6.92 Å². The molecule has 0 spiro atoms. The number of rotatable bonds is 14. The minimum Gasteiger partial charge on any atom is -0.481 e. The second kappa shape index (κ2) is 13.3. The molecule has 0 fully saturated rings. The Morgan fingerprint density at radius 2 is 1.59 bits per heavy atom. The van der Waals surface area contributed by atoms with Crippen molar-refractivity contribution in [1.82, 2.24) is 10.6 Å². The summed E-state index contributed by atoms with van der Waals surface area (Å²) in [4.78, 5) is 50.7. The maximum Gasteiger partial charge on any atom is 0.326 e. The van der Waals surface area contributed by atoms with Gasteiger partial charge in [0.15, 0.2) is 5.96 Å². The highest BCUT2D eigenvalue weighted by Gasteiger charge is 2.29. The smallest absolute Gasteiger partial charge is 0.326 e. The van der Waals surface area contributed by atoms with E-state index in [0.29, 0.717) is 12.8 Å². The van der Waals surface area contributed by atoms with Crippen LogP contribution in [0.3, 0.4) is 0 Å². The van der Waals surface area contributed by atoms with Crippen LogP contribution in [0.2, 0.25) is 0 Å². The van der Waals surface area contributed by atoms with Crippen LogP contribution >= 0.6 is 0 Å². The molecule has 0 aromatic heterocycles. The van der Waals surface area contributed by atoms with Gasteiger partial charge in [-0.2, -0.15) is 0 Å². The third kappa shape index (κ3) is 10.9. The van der Waals surface area contributed by atoms with Gasteiger partial charge in [0, 0.05) is 13.0 Å². The quantitative estimate of drug-likeness (QED) is 0.0975. The zero-order valence-corrected chi connectivity index (χ0v) is 16.8. The molecule has 0 saturated carbocycles. The number of aliphatic imine (C=N–C) groups is 1. The van der Waals surface area contributed by atoms with Crippen LogP contribution in [-0.4, -0.2) is 64.6 Å². The van der Waals surface area contributed by atoms with Gasteiger partial charge in [-0.15, -0.1) is 0 Å². The molecule has 0 aliphatic heterocycles. The third-order valence-electron chi connectivity index (χ3n) is 4.40. The van der Waals surface area contributed by atoms with Crippen LogP contribution in [0.1, 0.15) is 46.0 Å². The Kier molecular flexibility index (Phi) is 12.0. The van der Waals surface area contributed by atoms with Crippen molar-refractivity contribution in [3.05, 3.63) is 0 Å². The molecule has 0 radical (unpaired) electrons. The number of hydrogen-bond acceptors (Lipinski definition) is 6. The number of hydrogen-bond donors (Lipinski definition) is 7. The number of guanidine groups is 1. The average molecular weight is 416 g/mol. The largest absolute Gasteiger partial charge is 0.481 e. The summed E-state index contributed by atoms with van der Waals surface area (Å²) in [5, 5.41) is 22.7. The lowest BCUT2D eigenvalue weighted by atomic mass is 9.98. The lowest BCUT2D eigenvalue weighted by Crippen LogP contribution is -2.55. The average Bonchev–Trinajstić information content (AvgIpc) is 2.64. The summed E-state index contributed by atoms with van der Waals surface area (Å²) in [6, 6.07) is -3.31. The van der Waals surface area contributed by atoms with Crippen LogP contribution in [0.5, 0.6) is 0 Å². The van der Waals surface area contributed by atoms with E-state index in [-0.39, 0.29) is 31.3 Å². The number of amides is 2. The molecule has 166 valence electrons. The molecule has 2 amide bonds. The standard InChI is InChI=1S/C17H32N6O6/c1-3-9(2)13(18)15(27)22-10(5-4-8-21-17(19)20)14(26)23-11(16(28)29)6-7-12(24)25/h9-11,13H,3-8,18H2,1-2H3,(H,22,27)(H,23,26)(H,24,25)(H,28,29)(H4,19,20,21). The van der Waals surface area contributed by atoms with Gasteiger partial charge in [-0.1, -0.05) is 20.3 Å². The van der Waals surface area contributed by atoms with Crippen LogP contribution in [0.4, 0.5) is 0 Å². The van der Waals surface area contributed by atoms with Gasteiger partial charge >= 0.3 is 11.9 Å². The van der Waals surface area contributed by atoms with E-state index in [0.717, 1.165) is 0 Å². The van der Waals surface area contributed by atoms with Crippen molar-refractivity contribution in [2.24, 2.45) is 28.1 Å². The van der Waals surface area contributed by atoms with Crippen LogP contribution in [0, 0.1) is 5.92 Å². The van der Waals surface area contributed by atoms with Crippen molar-refractivity contribution >= 4 is 29.7 Å². The van der Waals surface area contributed by atoms with Crippen LogP contribution in [0.25, 0.3) is 0 Å². The zero-order chi connectivity index (χ0) is 22.6. The lowest BCUT2D eigenvalue weighted by molar-refractivity contribution is -0.143. The monoisotopic (exact) mass is 416 g/mol. The number of carboxylic acid groups (broad SMARTS) is 2. The Morgan fingerprint density at radius 1 is 1.00 bits per heavy atom. The zero-order valence-electron chi connectivity index (χ0n) is 16.8. The molecule has 0 rings (SSSR count). The molecule has 12 nitrogen and oxygen atoms in total. The van der Waals surface area contributed by atoms with Crippen molar-refractivity contribution in [1.29, 1.82) is 0 Å². The maximum atomic E-state index is 12.6. The summed E-state index contributed by atoms with van der Waals surface area (Å²) in [7, 11) is 0. The van der Waals surface area contributed by atoms with Gasteiger partial charge in [0.05, 0.1) is 6.04 Å². The van der Waals surface area contributed by atoms with Gasteiger partial charge in [-0.05, 0) is 25.2 Å². The number of aliphatic carboxylic acids is 2. The van der Waals surface area contributed by atoms with Gasteiger partial charge < -0.3 is 38.0 Å². The summed E-state index contributed by atoms with van der Waals surface area (Å²) in [5.74, 6) is -4.10. The van der Waals surface area contributed by atoms with E-state index in [2.05, 4.69) is 15.6 Å². The molecule has 29 heavy (non-hydrogen) atoms. The highest BCUT2D eigenvalue weighted by molar-refractivity contribution is 5.92. The SMILES string of the molecule is CCC(C)C(N)C(=O)NC(CCCN=C(N)N)C(=O)NC(CCC(=O)O)C(=O)O. The van der Waals surface area contributed by atoms with E-state index in [1.165, 1.54) is 0 Å². The van der Waals surface area contributed by atoms with Gasteiger partial charge in [-0.25, -0.2) is 4.79 Å². The first-order valence-corrected chi connectivity index (χ1v) is 9.35. The predicted molar refractivity (Wildman–Crippen MR) is 106 cm³/mol. The van der Waals surface area contributed by atoms with Crippen molar-refractivity contribution in [2.75, 3.05) is 6.54 Å². The maximum absolute atomic E-state index is 12.6. The summed E-state index contributed by atoms with van der Waals surface area (Å²) in [6.45, 7) is 3.88. The number of carbonyl (C=O) groups excluding carboxylic acids is 2. The number of carbonyl (C=O) groups is 4. The normalized spacial score (nSPS) is 14.7. The van der Waals surface area contributed by atoms with Crippen molar-refractivity contribution in [3.63, 3.8) is 0 Å². The van der Waals surface area contributed by atoms with Crippen molar-refractivity contribution < 1.29 is 29.4 Å². The van der Waals surface area contributed by atoms with Crippen LogP contribution in [0.15, 0.2) is 4.99 Å². The predicted octanol–water partition coefficient (Wildman–Crippen LogP) is -1.67. The molecule has 4 unspecified atom stereocenters. The summed E-state index contributed by atoms with van der Waals surface area (Å²) < 4.78 is 0. The van der Waals surface area contributed by atoms with Crippen LogP contribution in [-0.2, 0) is 19.2 Å². The molecule has 0 bridgehead atoms. The highest BCUT2D eigenvalue weighted by Crippen LogP contribution is 2.08. The number of nitrogens with one attached hydrogen (secondary N) is 2. The van der Waals surface area contributed by atoms with Gasteiger partial charge in [0.1, 0.15) is 12.1 Å². The molecular formula is C17H32N6O6. The van der Waals surface area contributed by atoms with E-state index in [4.69, 9.17) is 22.3 Å². The fourth-order valence-electron chi connectivity index (χ4n) is 2.35. The number of nitrogens with two attached hydrogens (primary N) is 3. The van der Waals surface area contributed by atoms with Crippen molar-refractivity contribution in [2.45, 2.75) is 64.1 Å². The van der Waals surface area contributed by atoms with E-state index in [1.807, 2.05) is 6.92 Å². The first-order chi connectivity index (χ1) is 13.5. The first-order valence-electron chi connectivity index (χ1n) is 9.35. The Hall–Kier alpha value is -2.89. The Balaban J connectivity index is 5.19. The molecule has 12 heteroatoms. The highest BCUT2D eigenvalue weighted by atomic mass is 16.4. The molecular weight excluding hydrogens is 384 g/mol. The molecule has 0 aromatic carbocycles. The lowest BCUT2D eigenvalue weighted by Gasteiger charge is -2.24. The molecule has 4 atom stereocenters. The third-order valence-corrected chi connectivity index (χ3v) is 4.40. The molecule has 0 heterocycles. The summed E-state index contributed by atoms with van der Waals surface area (Å²) in [5.41, 5.74) is 16.4. The van der Waals surface area contributed by atoms with Crippen LogP contribution < -0.4 is 27.8 Å². The molecule has 10 N–H and O–H groups in total. The first kappa shape index (κ1) is 26.1. The van der Waals surface area contributed by atoms with Gasteiger partial charge in [0.2, 0.25) is 11.8 Å². The van der Waals surface area contributed by atoms with E-state index >= 15 is 0 Å². The Labute approximate surface area is 169 Å². The fourth-order valence-corrected chi connectivity index (χ4v) is 2.35. The molecule has 0 aliphatic carbocycles. The number of nitrogens with zero attached hydrogens (tertiary/aromatic N) is 1. The molecule has 0 saturated heterocycles. The minimum absolute atomic E-state index is 0.117. The molecule has 0 aromatic rings. The van der Waals surface area contributed by atoms with Crippen molar-refractivity contribution in [3.8, 4) is 0 Å². The second-order valence-corrected chi connectivity index (χ2v) is 6.75. The second-order valence-electron chi connectivity index (χ2n) is 6.75. The minimum atomic E-state index is -1.40. The van der Waals surface area contributed by atoms with Gasteiger partial charge in [-0.3, -0.25) is 19.4 Å². The topological polar surface area (TPSA) is 223 Å². The number of carboxylic acids is 2. The van der Waals surface area contributed by atoms with E-state index in [9.17, 15) is 24.3 Å². The van der Waals surface area contributed by atoms with E-state index < -0.39 is 48.3 Å². The summed E-state index contributed by atoms with van der Waals surface area (Å²) in [6.07, 6.45) is 0.399. The fraction of sp³-hybridized carbons (Fsp3) is 0.706.